The predicted octanol–water partition coefficient (Wildman–Crippen LogP) is 3.33. The molecule has 0 saturated carbocycles. The molecule has 21 heavy (non-hydrogen) atoms. The van der Waals surface area contributed by atoms with Gasteiger partial charge in [0.05, 0.1) is 4.92 Å². The van der Waals surface area contributed by atoms with Crippen LogP contribution in [0.2, 0.25) is 5.02 Å². The summed E-state index contributed by atoms with van der Waals surface area (Å²) in [6, 6.07) is 11.4. The predicted molar refractivity (Wildman–Crippen MR) is 82.4 cm³/mol. The van der Waals surface area contributed by atoms with Gasteiger partial charge in [-0.25, -0.2) is 0 Å². The zero-order valence-corrected chi connectivity index (χ0v) is 11.8. The number of benzene rings is 2. The first kappa shape index (κ1) is 15.1. The Kier molecular flexibility index (Phi) is 4.97. The number of hydrogen-bond acceptors (Lipinski definition) is 5. The molecule has 0 radical (unpaired) electrons. The standard InChI is InChI=1S/C14H14ClN3O3/c15-10-1-6-14(18(19)20)13(9-10)17-11-2-4-12(5-3-11)21-8-7-16/h1-6,9,17H,7-8,16H2. The number of ether oxygens (including phenoxy) is 1. The van der Waals surface area contributed by atoms with Crippen molar-refractivity contribution in [1.29, 1.82) is 0 Å². The van der Waals surface area contributed by atoms with Gasteiger partial charge >= 0.3 is 0 Å². The molecule has 0 aromatic heterocycles. The third kappa shape index (κ3) is 4.08. The molecule has 0 amide bonds. The van der Waals surface area contributed by atoms with E-state index in [0.717, 1.165) is 0 Å². The van der Waals surface area contributed by atoms with E-state index in [4.69, 9.17) is 22.1 Å². The number of nitrogens with zero attached hydrogens (tertiary/aromatic N) is 1. The van der Waals surface area contributed by atoms with E-state index < -0.39 is 4.92 Å². The van der Waals surface area contributed by atoms with Gasteiger partial charge in [0.2, 0.25) is 0 Å². The molecule has 0 bridgehead atoms. The van der Waals surface area contributed by atoms with Crippen LogP contribution in [0.4, 0.5) is 17.1 Å². The third-order valence-electron chi connectivity index (χ3n) is 2.68. The molecule has 0 aliphatic rings. The Balaban J connectivity index is 2.18. The van der Waals surface area contributed by atoms with Gasteiger partial charge in [-0.3, -0.25) is 10.1 Å². The molecule has 0 saturated heterocycles. The van der Waals surface area contributed by atoms with E-state index >= 15 is 0 Å². The summed E-state index contributed by atoms with van der Waals surface area (Å²) in [4.78, 5) is 10.5. The zero-order valence-electron chi connectivity index (χ0n) is 11.1. The van der Waals surface area contributed by atoms with Crippen molar-refractivity contribution >= 4 is 28.7 Å². The summed E-state index contributed by atoms with van der Waals surface area (Å²) >= 11 is 5.88. The monoisotopic (exact) mass is 307 g/mol. The lowest BCUT2D eigenvalue weighted by atomic mass is 10.2. The molecule has 3 N–H and O–H groups in total. The molecule has 2 rings (SSSR count). The lowest BCUT2D eigenvalue weighted by molar-refractivity contribution is -0.383. The normalized spacial score (nSPS) is 10.2. The van der Waals surface area contributed by atoms with Crippen LogP contribution in [-0.4, -0.2) is 18.1 Å². The van der Waals surface area contributed by atoms with Crippen LogP contribution < -0.4 is 15.8 Å². The number of nitrogens with one attached hydrogen (secondary N) is 1. The Hall–Kier alpha value is -2.31. The second-order valence-electron chi connectivity index (χ2n) is 4.21. The van der Waals surface area contributed by atoms with E-state index in [1.165, 1.54) is 18.2 Å². The number of rotatable bonds is 6. The molecular weight excluding hydrogens is 294 g/mol. The maximum absolute atomic E-state index is 11.0. The minimum Gasteiger partial charge on any atom is -0.492 e. The van der Waals surface area contributed by atoms with E-state index in [1.54, 1.807) is 24.3 Å². The Morgan fingerprint density at radius 3 is 2.57 bits per heavy atom. The lowest BCUT2D eigenvalue weighted by Crippen LogP contribution is -2.10. The fourth-order valence-corrected chi connectivity index (χ4v) is 1.91. The van der Waals surface area contributed by atoms with E-state index in [1.807, 2.05) is 0 Å². The molecule has 0 spiro atoms. The first-order valence-electron chi connectivity index (χ1n) is 6.24. The highest BCUT2D eigenvalue weighted by Crippen LogP contribution is 2.30. The zero-order chi connectivity index (χ0) is 15.2. The Bertz CT molecular complexity index is 632. The van der Waals surface area contributed by atoms with Gasteiger partial charge in [0.25, 0.3) is 5.69 Å². The fraction of sp³-hybridized carbons (Fsp3) is 0.143. The maximum atomic E-state index is 11.0. The summed E-state index contributed by atoms with van der Waals surface area (Å²) in [5.41, 5.74) is 6.35. The molecular formula is C14H14ClN3O3. The summed E-state index contributed by atoms with van der Waals surface area (Å²) in [7, 11) is 0. The van der Waals surface area contributed by atoms with Crippen molar-refractivity contribution < 1.29 is 9.66 Å². The second kappa shape index (κ2) is 6.92. The van der Waals surface area contributed by atoms with E-state index in [0.29, 0.717) is 35.3 Å². The van der Waals surface area contributed by atoms with Gasteiger partial charge < -0.3 is 15.8 Å². The van der Waals surface area contributed by atoms with Crippen LogP contribution in [0.3, 0.4) is 0 Å². The fourth-order valence-electron chi connectivity index (χ4n) is 1.73. The minimum atomic E-state index is -0.461. The lowest BCUT2D eigenvalue weighted by Gasteiger charge is -2.09. The summed E-state index contributed by atoms with van der Waals surface area (Å²) in [6.45, 7) is 0.876. The van der Waals surface area contributed by atoms with Crippen LogP contribution in [0.15, 0.2) is 42.5 Å². The van der Waals surface area contributed by atoms with E-state index in [2.05, 4.69) is 5.32 Å². The second-order valence-corrected chi connectivity index (χ2v) is 4.64. The smallest absolute Gasteiger partial charge is 0.292 e. The van der Waals surface area contributed by atoms with Crippen molar-refractivity contribution in [3.63, 3.8) is 0 Å². The first-order chi connectivity index (χ1) is 10.1. The van der Waals surface area contributed by atoms with Crippen molar-refractivity contribution in [3.05, 3.63) is 57.6 Å². The summed E-state index contributed by atoms with van der Waals surface area (Å²) in [5, 5.41) is 14.4. The van der Waals surface area contributed by atoms with Crippen molar-refractivity contribution in [2.75, 3.05) is 18.5 Å². The molecule has 0 fully saturated rings. The Labute approximate surface area is 126 Å². The van der Waals surface area contributed by atoms with E-state index in [-0.39, 0.29) is 5.69 Å². The topological polar surface area (TPSA) is 90.4 Å². The molecule has 110 valence electrons. The quantitative estimate of drug-likeness (QED) is 0.631. The van der Waals surface area contributed by atoms with Crippen LogP contribution >= 0.6 is 11.6 Å². The highest BCUT2D eigenvalue weighted by molar-refractivity contribution is 6.31. The SMILES string of the molecule is NCCOc1ccc(Nc2cc(Cl)ccc2[N+](=O)[O-])cc1. The average Bonchev–Trinajstić information content (AvgIpc) is 2.46. The Morgan fingerprint density at radius 2 is 1.95 bits per heavy atom. The molecule has 0 heterocycles. The van der Waals surface area contributed by atoms with Crippen LogP contribution in [0.5, 0.6) is 5.75 Å². The van der Waals surface area contributed by atoms with Gasteiger partial charge in [-0.05, 0) is 36.4 Å². The van der Waals surface area contributed by atoms with Gasteiger partial charge in [-0.15, -0.1) is 0 Å². The summed E-state index contributed by atoms with van der Waals surface area (Å²) in [6.07, 6.45) is 0. The number of nitrogens with two attached hydrogens (primary N) is 1. The van der Waals surface area contributed by atoms with E-state index in [9.17, 15) is 10.1 Å². The van der Waals surface area contributed by atoms with Gasteiger partial charge in [0.15, 0.2) is 0 Å². The molecule has 7 heteroatoms. The third-order valence-corrected chi connectivity index (χ3v) is 2.91. The molecule has 6 nitrogen and oxygen atoms in total. The maximum Gasteiger partial charge on any atom is 0.292 e. The van der Waals surface area contributed by atoms with Crippen molar-refractivity contribution in [2.24, 2.45) is 5.73 Å². The summed E-state index contributed by atoms with van der Waals surface area (Å²) < 4.78 is 5.36. The molecule has 0 aliphatic heterocycles. The number of nitro groups is 1. The highest BCUT2D eigenvalue weighted by Gasteiger charge is 2.14. The number of nitro benzene ring substituents is 1. The van der Waals surface area contributed by atoms with Gasteiger partial charge in [-0.1, -0.05) is 11.6 Å². The van der Waals surface area contributed by atoms with Crippen molar-refractivity contribution in [1.82, 2.24) is 0 Å². The number of hydrogen-bond donors (Lipinski definition) is 2. The number of anilines is 2. The largest absolute Gasteiger partial charge is 0.492 e. The van der Waals surface area contributed by atoms with Gasteiger partial charge in [0.1, 0.15) is 18.0 Å². The van der Waals surface area contributed by atoms with Crippen molar-refractivity contribution in [3.8, 4) is 5.75 Å². The van der Waals surface area contributed by atoms with Gasteiger partial charge in [-0.2, -0.15) is 0 Å². The average molecular weight is 308 g/mol. The van der Waals surface area contributed by atoms with Crippen LogP contribution in [0.1, 0.15) is 0 Å². The minimum absolute atomic E-state index is 0.0390. The van der Waals surface area contributed by atoms with Crippen molar-refractivity contribution in [2.45, 2.75) is 0 Å². The summed E-state index contributed by atoms with van der Waals surface area (Å²) in [5.74, 6) is 0.687. The molecule has 2 aromatic carbocycles. The first-order valence-corrected chi connectivity index (χ1v) is 6.62. The van der Waals surface area contributed by atoms with Crippen LogP contribution in [-0.2, 0) is 0 Å². The highest BCUT2D eigenvalue weighted by atomic mass is 35.5. The molecule has 0 aliphatic carbocycles. The molecule has 0 unspecified atom stereocenters. The van der Waals surface area contributed by atoms with Gasteiger partial charge in [0, 0.05) is 23.3 Å². The molecule has 0 atom stereocenters. The Morgan fingerprint density at radius 1 is 1.24 bits per heavy atom. The van der Waals surface area contributed by atoms with Crippen LogP contribution in [0.25, 0.3) is 0 Å². The van der Waals surface area contributed by atoms with Crippen LogP contribution in [0, 0.1) is 10.1 Å². The number of halogens is 1. The molecule has 2 aromatic rings.